The number of methoxy groups -OCH3 is 1. The van der Waals surface area contributed by atoms with Crippen LogP contribution in [0.5, 0.6) is 11.5 Å². The minimum absolute atomic E-state index is 0.0160. The van der Waals surface area contributed by atoms with E-state index in [1.807, 2.05) is 0 Å². The number of para-hydroxylation sites is 1. The lowest BCUT2D eigenvalue weighted by Gasteiger charge is -2.20. The third-order valence-corrected chi connectivity index (χ3v) is 5.96. The van der Waals surface area contributed by atoms with Crippen molar-refractivity contribution in [1.29, 1.82) is 0 Å². The predicted octanol–water partition coefficient (Wildman–Crippen LogP) is 2.93. The molecule has 0 spiro atoms. The van der Waals surface area contributed by atoms with E-state index in [1.54, 1.807) is 54.9 Å². The number of hydrogen-bond donors (Lipinski definition) is 1. The molecule has 0 aliphatic carbocycles. The van der Waals surface area contributed by atoms with Gasteiger partial charge >= 0.3 is 0 Å². The molecule has 1 amide bonds. The van der Waals surface area contributed by atoms with E-state index in [1.165, 1.54) is 36.7 Å². The van der Waals surface area contributed by atoms with Crippen molar-refractivity contribution in [2.45, 2.75) is 4.90 Å². The molecule has 0 aliphatic rings. The summed E-state index contributed by atoms with van der Waals surface area (Å²) in [5.41, 5.74) is 1.09. The first-order chi connectivity index (χ1) is 14.4. The van der Waals surface area contributed by atoms with Gasteiger partial charge in [0, 0.05) is 43.3 Å². The zero-order valence-electron chi connectivity index (χ0n) is 16.5. The third-order valence-electron chi connectivity index (χ3n) is 4.20. The molecule has 0 saturated heterocycles. The van der Waals surface area contributed by atoms with Gasteiger partial charge in [-0.1, -0.05) is 18.2 Å². The fourth-order valence-corrected chi connectivity index (χ4v) is 3.86. The van der Waals surface area contributed by atoms with Crippen LogP contribution in [0, 0.1) is 0 Å². The van der Waals surface area contributed by atoms with E-state index in [2.05, 4.69) is 10.3 Å². The van der Waals surface area contributed by atoms with Crippen LogP contribution >= 0.6 is 0 Å². The third kappa shape index (κ3) is 5.06. The quantitative estimate of drug-likeness (QED) is 0.594. The number of benzene rings is 2. The standard InChI is InChI=1S/C21H21N3O5S/c1-24(17-6-4-3-5-7-17)30(26,27)20-13-18(28-2)12-19(14-20)29-15-21(25)23-16-8-10-22-11-9-16/h3-14H,15H2,1-2H3,(H,22,23,25). The number of ether oxygens (including phenoxy) is 2. The topological polar surface area (TPSA) is 97.8 Å². The molecule has 0 saturated carbocycles. The highest BCUT2D eigenvalue weighted by Gasteiger charge is 2.23. The van der Waals surface area contributed by atoms with Crippen molar-refractivity contribution in [2.24, 2.45) is 0 Å². The maximum absolute atomic E-state index is 13.1. The Labute approximate surface area is 175 Å². The number of nitrogens with one attached hydrogen (secondary N) is 1. The Morgan fingerprint density at radius 2 is 1.70 bits per heavy atom. The highest BCUT2D eigenvalue weighted by Crippen LogP contribution is 2.29. The highest BCUT2D eigenvalue weighted by molar-refractivity contribution is 7.92. The van der Waals surface area contributed by atoms with Crippen LogP contribution in [0.1, 0.15) is 0 Å². The van der Waals surface area contributed by atoms with Crippen molar-refractivity contribution in [2.75, 3.05) is 30.4 Å². The monoisotopic (exact) mass is 427 g/mol. The maximum atomic E-state index is 13.1. The number of aromatic nitrogens is 1. The largest absolute Gasteiger partial charge is 0.497 e. The SMILES string of the molecule is COc1cc(OCC(=O)Nc2ccncc2)cc(S(=O)(=O)N(C)c2ccccc2)c1. The first kappa shape index (κ1) is 21.1. The van der Waals surface area contributed by atoms with Gasteiger partial charge in [-0.15, -0.1) is 0 Å². The Kier molecular flexibility index (Phi) is 6.53. The second kappa shape index (κ2) is 9.27. The molecule has 3 rings (SSSR count). The van der Waals surface area contributed by atoms with Crippen LogP contribution < -0.4 is 19.1 Å². The smallest absolute Gasteiger partial charge is 0.264 e. The molecule has 0 bridgehead atoms. The van der Waals surface area contributed by atoms with E-state index in [4.69, 9.17) is 9.47 Å². The Hall–Kier alpha value is -3.59. The minimum atomic E-state index is -3.87. The van der Waals surface area contributed by atoms with E-state index < -0.39 is 15.9 Å². The van der Waals surface area contributed by atoms with Gasteiger partial charge in [0.1, 0.15) is 11.5 Å². The van der Waals surface area contributed by atoms with Gasteiger partial charge in [0.2, 0.25) is 0 Å². The fourth-order valence-electron chi connectivity index (χ4n) is 2.61. The molecule has 1 N–H and O–H groups in total. The number of anilines is 2. The summed E-state index contributed by atoms with van der Waals surface area (Å²) in [6.45, 7) is -0.302. The van der Waals surface area contributed by atoms with Gasteiger partial charge < -0.3 is 14.8 Å². The van der Waals surface area contributed by atoms with Crippen LogP contribution in [-0.2, 0) is 14.8 Å². The molecule has 1 heterocycles. The Morgan fingerprint density at radius 1 is 1.03 bits per heavy atom. The molecule has 8 nitrogen and oxygen atoms in total. The van der Waals surface area contributed by atoms with E-state index in [0.29, 0.717) is 17.1 Å². The first-order valence-corrected chi connectivity index (χ1v) is 10.4. The number of hydrogen-bond acceptors (Lipinski definition) is 6. The van der Waals surface area contributed by atoms with Gasteiger partial charge in [0.05, 0.1) is 17.7 Å². The molecule has 0 fully saturated rings. The van der Waals surface area contributed by atoms with Crippen molar-refractivity contribution >= 4 is 27.3 Å². The number of amides is 1. The molecular weight excluding hydrogens is 406 g/mol. The predicted molar refractivity (Wildman–Crippen MR) is 113 cm³/mol. The molecule has 9 heteroatoms. The Morgan fingerprint density at radius 3 is 2.37 bits per heavy atom. The lowest BCUT2D eigenvalue weighted by Crippen LogP contribution is -2.26. The van der Waals surface area contributed by atoms with Gasteiger partial charge in [-0.3, -0.25) is 14.1 Å². The van der Waals surface area contributed by atoms with E-state index in [9.17, 15) is 13.2 Å². The highest BCUT2D eigenvalue weighted by atomic mass is 32.2. The number of rotatable bonds is 8. The van der Waals surface area contributed by atoms with E-state index in [0.717, 1.165) is 0 Å². The molecule has 30 heavy (non-hydrogen) atoms. The average molecular weight is 427 g/mol. The molecule has 0 unspecified atom stereocenters. The van der Waals surface area contributed by atoms with Crippen LogP contribution in [0.15, 0.2) is 78.0 Å². The zero-order valence-corrected chi connectivity index (χ0v) is 17.3. The summed E-state index contributed by atoms with van der Waals surface area (Å²) < 4.78 is 38.0. The zero-order chi connectivity index (χ0) is 21.6. The molecule has 1 aromatic heterocycles. The Balaban J connectivity index is 1.78. The van der Waals surface area contributed by atoms with E-state index in [-0.39, 0.29) is 17.3 Å². The van der Waals surface area contributed by atoms with Crippen LogP contribution in [0.2, 0.25) is 0 Å². The second-order valence-corrected chi connectivity index (χ2v) is 8.19. The van der Waals surface area contributed by atoms with Crippen LogP contribution in [-0.4, -0.2) is 40.1 Å². The number of nitrogens with zero attached hydrogens (tertiary/aromatic N) is 2. The van der Waals surface area contributed by atoms with Gasteiger partial charge in [0.15, 0.2) is 6.61 Å². The van der Waals surface area contributed by atoms with Gasteiger partial charge in [-0.25, -0.2) is 8.42 Å². The van der Waals surface area contributed by atoms with E-state index >= 15 is 0 Å². The molecule has 0 atom stereocenters. The number of sulfonamides is 1. The summed E-state index contributed by atoms with van der Waals surface area (Å²) in [4.78, 5) is 16.0. The van der Waals surface area contributed by atoms with Gasteiger partial charge in [0.25, 0.3) is 15.9 Å². The molecular formula is C21H21N3O5S. The van der Waals surface area contributed by atoms with Crippen LogP contribution in [0.4, 0.5) is 11.4 Å². The van der Waals surface area contributed by atoms with Crippen LogP contribution in [0.25, 0.3) is 0 Å². The molecule has 3 aromatic rings. The summed E-state index contributed by atoms with van der Waals surface area (Å²) in [7, 11) is -0.980. The number of pyridine rings is 1. The lowest BCUT2D eigenvalue weighted by molar-refractivity contribution is -0.118. The van der Waals surface area contributed by atoms with Crippen molar-refractivity contribution in [3.8, 4) is 11.5 Å². The van der Waals surface area contributed by atoms with Crippen molar-refractivity contribution in [3.05, 3.63) is 73.1 Å². The summed E-state index contributed by atoms with van der Waals surface area (Å²) in [6.07, 6.45) is 3.11. The molecule has 2 aromatic carbocycles. The molecule has 156 valence electrons. The maximum Gasteiger partial charge on any atom is 0.264 e. The normalized spacial score (nSPS) is 10.9. The average Bonchev–Trinajstić information content (AvgIpc) is 2.78. The second-order valence-electron chi connectivity index (χ2n) is 6.23. The van der Waals surface area contributed by atoms with Crippen molar-refractivity contribution in [1.82, 2.24) is 4.98 Å². The lowest BCUT2D eigenvalue weighted by atomic mass is 10.3. The molecule has 0 radical (unpaired) electrons. The van der Waals surface area contributed by atoms with Gasteiger partial charge in [-0.05, 0) is 24.3 Å². The van der Waals surface area contributed by atoms with Crippen molar-refractivity contribution < 1.29 is 22.7 Å². The summed E-state index contributed by atoms with van der Waals surface area (Å²) in [6, 6.07) is 16.3. The number of carbonyl (C=O) groups is 1. The fraction of sp³-hybridized carbons (Fsp3) is 0.143. The summed E-state index contributed by atoms with van der Waals surface area (Å²) in [5, 5.41) is 2.66. The summed E-state index contributed by atoms with van der Waals surface area (Å²) >= 11 is 0. The van der Waals surface area contributed by atoms with Crippen molar-refractivity contribution in [3.63, 3.8) is 0 Å². The number of carbonyl (C=O) groups excluding carboxylic acids is 1. The summed E-state index contributed by atoms with van der Waals surface area (Å²) in [5.74, 6) is 0.0937. The van der Waals surface area contributed by atoms with Crippen LogP contribution in [0.3, 0.4) is 0 Å². The molecule has 0 aliphatic heterocycles. The Bertz CT molecular complexity index is 1110. The minimum Gasteiger partial charge on any atom is -0.497 e. The van der Waals surface area contributed by atoms with Gasteiger partial charge in [-0.2, -0.15) is 0 Å². The first-order valence-electron chi connectivity index (χ1n) is 8.96.